The highest BCUT2D eigenvalue weighted by atomic mass is 32.1. The van der Waals surface area contributed by atoms with Gasteiger partial charge in [0.15, 0.2) is 0 Å². The molecule has 0 unspecified atom stereocenters. The van der Waals surface area contributed by atoms with Crippen LogP contribution in [0.4, 0.5) is 0 Å². The molecular formula is C18H18N4O2S2. The van der Waals surface area contributed by atoms with Crippen LogP contribution in [0.5, 0.6) is 0 Å². The Kier molecular flexibility index (Phi) is 4.46. The Morgan fingerprint density at radius 3 is 2.81 bits per heavy atom. The third kappa shape index (κ3) is 2.89. The van der Waals surface area contributed by atoms with Crippen LogP contribution in [0.15, 0.2) is 29.9 Å². The molecule has 0 aromatic carbocycles. The van der Waals surface area contributed by atoms with Crippen LogP contribution in [0.25, 0.3) is 10.3 Å². The molecule has 0 saturated carbocycles. The number of hydrogen-bond acceptors (Lipinski definition) is 6. The maximum atomic E-state index is 12.7. The van der Waals surface area contributed by atoms with Gasteiger partial charge in [-0.3, -0.25) is 14.6 Å². The first-order chi connectivity index (χ1) is 12.6. The van der Waals surface area contributed by atoms with E-state index in [1.165, 1.54) is 22.7 Å². The summed E-state index contributed by atoms with van der Waals surface area (Å²) in [7, 11) is 3.50. The van der Waals surface area contributed by atoms with Gasteiger partial charge in [-0.05, 0) is 17.9 Å². The summed E-state index contributed by atoms with van der Waals surface area (Å²) in [6, 6.07) is 3.74. The van der Waals surface area contributed by atoms with Gasteiger partial charge in [0.25, 0.3) is 11.8 Å². The maximum Gasteiger partial charge on any atom is 0.263 e. The largest absolute Gasteiger partial charge is 0.344 e. The summed E-state index contributed by atoms with van der Waals surface area (Å²) in [4.78, 5) is 39.9. The van der Waals surface area contributed by atoms with E-state index in [0.29, 0.717) is 18.0 Å². The predicted molar refractivity (Wildman–Crippen MR) is 103 cm³/mol. The molecule has 1 aliphatic rings. The average Bonchev–Trinajstić information content (AvgIpc) is 3.38. The van der Waals surface area contributed by atoms with Crippen molar-refractivity contribution < 1.29 is 9.59 Å². The normalized spacial score (nSPS) is 17.0. The second-order valence-electron chi connectivity index (χ2n) is 6.47. The molecule has 6 nitrogen and oxygen atoms in total. The van der Waals surface area contributed by atoms with E-state index in [0.717, 1.165) is 27.2 Å². The van der Waals surface area contributed by atoms with E-state index >= 15 is 0 Å². The van der Waals surface area contributed by atoms with Gasteiger partial charge in [-0.1, -0.05) is 6.07 Å². The van der Waals surface area contributed by atoms with E-state index in [2.05, 4.69) is 9.97 Å². The first-order valence-electron chi connectivity index (χ1n) is 8.34. The number of carbonyl (C=O) groups excluding carboxylic acids is 2. The minimum atomic E-state index is -0.0344. The molecular weight excluding hydrogens is 368 g/mol. The van der Waals surface area contributed by atoms with Crippen molar-refractivity contribution in [1.29, 1.82) is 0 Å². The van der Waals surface area contributed by atoms with Crippen molar-refractivity contribution in [2.24, 2.45) is 0 Å². The van der Waals surface area contributed by atoms with Crippen molar-refractivity contribution in [3.63, 3.8) is 0 Å². The van der Waals surface area contributed by atoms with E-state index in [1.807, 2.05) is 22.4 Å². The standard InChI is InChI=1S/C18H18N4O2S2/c1-21(2)18(24)15-13(14-16(26-15)20-7-6-19-14)11-5-8-22(10-11)17(23)12-4-3-9-25-12/h3-4,6-7,9,11H,5,8,10H2,1-2H3/t11-/m1/s1. The SMILES string of the molecule is CN(C)C(=O)c1sc2nccnc2c1[C@@H]1CCN(C(=O)c2cccs2)C1. The number of thiophene rings is 2. The third-order valence-corrected chi connectivity index (χ3v) is 6.53. The Bertz CT molecular complexity index is 965. The molecule has 0 aliphatic carbocycles. The molecule has 3 aromatic heterocycles. The van der Waals surface area contributed by atoms with Crippen LogP contribution in [-0.2, 0) is 0 Å². The molecule has 8 heteroatoms. The van der Waals surface area contributed by atoms with Gasteiger partial charge in [-0.25, -0.2) is 4.98 Å². The van der Waals surface area contributed by atoms with Crippen LogP contribution in [0.3, 0.4) is 0 Å². The van der Waals surface area contributed by atoms with E-state index < -0.39 is 0 Å². The minimum Gasteiger partial charge on any atom is -0.344 e. The topological polar surface area (TPSA) is 66.4 Å². The van der Waals surface area contributed by atoms with Gasteiger partial charge < -0.3 is 9.80 Å². The fourth-order valence-corrected chi connectivity index (χ4v) is 5.22. The van der Waals surface area contributed by atoms with Gasteiger partial charge in [0, 0.05) is 51.1 Å². The molecule has 4 rings (SSSR count). The summed E-state index contributed by atoms with van der Waals surface area (Å²) in [5, 5.41) is 1.91. The van der Waals surface area contributed by atoms with Crippen LogP contribution in [0, 0.1) is 0 Å². The van der Waals surface area contributed by atoms with Crippen LogP contribution in [0.2, 0.25) is 0 Å². The van der Waals surface area contributed by atoms with Crippen molar-refractivity contribution in [2.75, 3.05) is 27.2 Å². The third-order valence-electron chi connectivity index (χ3n) is 4.58. The molecule has 0 bridgehead atoms. The number of nitrogens with zero attached hydrogens (tertiary/aromatic N) is 4. The zero-order valence-corrected chi connectivity index (χ0v) is 16.1. The second-order valence-corrected chi connectivity index (χ2v) is 8.42. The lowest BCUT2D eigenvalue weighted by Gasteiger charge is -2.17. The number of carbonyl (C=O) groups is 2. The quantitative estimate of drug-likeness (QED) is 0.694. The van der Waals surface area contributed by atoms with Crippen molar-refractivity contribution >= 4 is 44.8 Å². The zero-order valence-electron chi connectivity index (χ0n) is 14.5. The fraction of sp³-hybridized carbons (Fsp3) is 0.333. The Hall–Kier alpha value is -2.32. The molecule has 26 heavy (non-hydrogen) atoms. The highest BCUT2D eigenvalue weighted by Gasteiger charge is 2.34. The Balaban J connectivity index is 1.69. The van der Waals surface area contributed by atoms with Crippen molar-refractivity contribution in [1.82, 2.24) is 19.8 Å². The van der Waals surface area contributed by atoms with Gasteiger partial charge in [-0.2, -0.15) is 0 Å². The predicted octanol–water partition coefficient (Wildman–Crippen LogP) is 3.08. The Morgan fingerprint density at radius 2 is 2.08 bits per heavy atom. The average molecular weight is 387 g/mol. The van der Waals surface area contributed by atoms with Crippen molar-refractivity contribution in [3.8, 4) is 0 Å². The van der Waals surface area contributed by atoms with Crippen LogP contribution in [0.1, 0.15) is 37.2 Å². The number of likely N-dealkylation sites (tertiary alicyclic amines) is 1. The Morgan fingerprint density at radius 1 is 1.27 bits per heavy atom. The highest BCUT2D eigenvalue weighted by molar-refractivity contribution is 7.20. The highest BCUT2D eigenvalue weighted by Crippen LogP contribution is 2.39. The first kappa shape index (κ1) is 17.1. The monoisotopic (exact) mass is 386 g/mol. The van der Waals surface area contributed by atoms with Gasteiger partial charge >= 0.3 is 0 Å². The smallest absolute Gasteiger partial charge is 0.263 e. The molecule has 0 radical (unpaired) electrons. The summed E-state index contributed by atoms with van der Waals surface area (Å²) in [6.07, 6.45) is 4.13. The molecule has 1 saturated heterocycles. The van der Waals surface area contributed by atoms with Crippen LogP contribution >= 0.6 is 22.7 Å². The van der Waals surface area contributed by atoms with Gasteiger partial charge in [-0.15, -0.1) is 22.7 Å². The summed E-state index contributed by atoms with van der Waals surface area (Å²) in [5.74, 6) is 0.129. The molecule has 0 spiro atoms. The lowest BCUT2D eigenvalue weighted by Crippen LogP contribution is -2.28. The Labute approximate surface area is 159 Å². The number of fused-ring (bicyclic) bond motifs is 1. The zero-order chi connectivity index (χ0) is 18.3. The minimum absolute atomic E-state index is 0.0344. The van der Waals surface area contributed by atoms with Crippen LogP contribution in [-0.4, -0.2) is 58.8 Å². The van der Waals surface area contributed by atoms with E-state index in [1.54, 1.807) is 31.4 Å². The number of amides is 2. The fourth-order valence-electron chi connectivity index (χ4n) is 3.32. The number of rotatable bonds is 3. The molecule has 4 heterocycles. The summed E-state index contributed by atoms with van der Waals surface area (Å²) in [5.41, 5.74) is 1.73. The maximum absolute atomic E-state index is 12.7. The summed E-state index contributed by atoms with van der Waals surface area (Å²) in [6.45, 7) is 1.29. The van der Waals surface area contributed by atoms with Gasteiger partial charge in [0.2, 0.25) is 0 Å². The van der Waals surface area contributed by atoms with Crippen LogP contribution < -0.4 is 0 Å². The summed E-state index contributed by atoms with van der Waals surface area (Å²) < 4.78 is 0. The molecule has 3 aromatic rings. The second kappa shape index (κ2) is 6.77. The van der Waals surface area contributed by atoms with E-state index in [4.69, 9.17) is 0 Å². The summed E-state index contributed by atoms with van der Waals surface area (Å²) >= 11 is 2.85. The molecule has 2 amide bonds. The lowest BCUT2D eigenvalue weighted by atomic mass is 9.97. The van der Waals surface area contributed by atoms with Crippen molar-refractivity contribution in [2.45, 2.75) is 12.3 Å². The van der Waals surface area contributed by atoms with Gasteiger partial charge in [0.1, 0.15) is 10.3 Å². The lowest BCUT2D eigenvalue weighted by molar-refractivity contribution is 0.0795. The van der Waals surface area contributed by atoms with Gasteiger partial charge in [0.05, 0.1) is 9.75 Å². The molecule has 1 aliphatic heterocycles. The van der Waals surface area contributed by atoms with E-state index in [-0.39, 0.29) is 17.7 Å². The number of hydrogen-bond donors (Lipinski definition) is 0. The molecule has 134 valence electrons. The van der Waals surface area contributed by atoms with Crippen molar-refractivity contribution in [3.05, 3.63) is 45.2 Å². The van der Waals surface area contributed by atoms with E-state index in [9.17, 15) is 9.59 Å². The molecule has 0 N–H and O–H groups in total. The molecule has 1 atom stereocenters. The first-order valence-corrected chi connectivity index (χ1v) is 10.0. The molecule has 1 fully saturated rings. The number of aromatic nitrogens is 2.